The number of hydrogen-bond acceptors (Lipinski definition) is 2. The molecule has 0 radical (unpaired) electrons. The Hall–Kier alpha value is -1.35. The maximum absolute atomic E-state index is 11.6. The van der Waals surface area contributed by atoms with Crippen LogP contribution in [0.5, 0.6) is 0 Å². The third-order valence-electron chi connectivity index (χ3n) is 2.79. The average molecular weight is 222 g/mol. The minimum atomic E-state index is -0.249. The summed E-state index contributed by atoms with van der Waals surface area (Å²) < 4.78 is 6.04. The van der Waals surface area contributed by atoms with E-state index in [0.717, 1.165) is 4.48 Å². The Kier molecular flexibility index (Phi) is 4.07. The van der Waals surface area contributed by atoms with Gasteiger partial charge >= 0.3 is 5.97 Å². The van der Waals surface area contributed by atoms with Gasteiger partial charge in [0.15, 0.2) is 0 Å². The van der Waals surface area contributed by atoms with E-state index in [9.17, 15) is 4.79 Å². The zero-order chi connectivity index (χ0) is 12.2. The maximum Gasteiger partial charge on any atom is 0.338 e. The number of carbonyl (C=O) groups excluding carboxylic acids is 1. The fraction of sp³-hybridized carbons (Fsp3) is 0.462. The van der Waals surface area contributed by atoms with Gasteiger partial charge < -0.3 is 9.22 Å². The van der Waals surface area contributed by atoms with E-state index in [0.29, 0.717) is 12.2 Å². The van der Waals surface area contributed by atoms with E-state index in [1.807, 2.05) is 18.2 Å². The van der Waals surface area contributed by atoms with Crippen molar-refractivity contribution in [2.45, 2.75) is 13.0 Å². The van der Waals surface area contributed by atoms with Gasteiger partial charge in [-0.25, -0.2) is 4.79 Å². The molecule has 1 aromatic carbocycles. The third-order valence-corrected chi connectivity index (χ3v) is 2.79. The summed E-state index contributed by atoms with van der Waals surface area (Å²) in [6, 6.07) is 9.36. The van der Waals surface area contributed by atoms with Crippen molar-refractivity contribution in [1.82, 2.24) is 0 Å². The van der Waals surface area contributed by atoms with Gasteiger partial charge in [-0.05, 0) is 19.1 Å². The minimum Gasteiger partial charge on any atom is -0.456 e. The molecule has 0 saturated carbocycles. The summed E-state index contributed by atoms with van der Waals surface area (Å²) in [5, 5.41) is 0. The molecule has 1 rings (SSSR count). The Morgan fingerprint density at radius 3 is 2.31 bits per heavy atom. The summed E-state index contributed by atoms with van der Waals surface area (Å²) in [7, 11) is 6.25. The molecule has 16 heavy (non-hydrogen) atoms. The van der Waals surface area contributed by atoms with Crippen LogP contribution < -0.4 is 0 Å². The molecule has 0 saturated heterocycles. The number of benzene rings is 1. The van der Waals surface area contributed by atoms with Crippen molar-refractivity contribution in [2.24, 2.45) is 0 Å². The largest absolute Gasteiger partial charge is 0.456 e. The van der Waals surface area contributed by atoms with Crippen LogP contribution in [0, 0.1) is 0 Å². The highest BCUT2D eigenvalue weighted by atomic mass is 16.5. The molecule has 0 amide bonds. The predicted molar refractivity (Wildman–Crippen MR) is 64.2 cm³/mol. The molecule has 0 fully saturated rings. The highest BCUT2D eigenvalue weighted by Gasteiger charge is 2.20. The Bertz CT molecular complexity index is 341. The summed E-state index contributed by atoms with van der Waals surface area (Å²) in [6.07, 6.45) is 0. The average Bonchev–Trinajstić information content (AvgIpc) is 2.25. The highest BCUT2D eigenvalue weighted by Crippen LogP contribution is 2.05. The number of carbonyl (C=O) groups is 1. The second-order valence-corrected chi connectivity index (χ2v) is 4.93. The van der Waals surface area contributed by atoms with Gasteiger partial charge in [-0.3, -0.25) is 0 Å². The lowest BCUT2D eigenvalue weighted by atomic mass is 10.2. The summed E-state index contributed by atoms with van der Waals surface area (Å²) in [6.45, 7) is 2.51. The molecule has 0 aliphatic rings. The van der Waals surface area contributed by atoms with Gasteiger partial charge in [0.2, 0.25) is 0 Å². The standard InChI is InChI=1S/C13H20NO2/c1-11(14(2,3)4)10-16-13(15)12-8-6-5-7-9-12/h5-9,11H,10H2,1-4H3/q+1. The van der Waals surface area contributed by atoms with E-state index in [1.165, 1.54) is 0 Å². The summed E-state index contributed by atoms with van der Waals surface area (Å²) in [5.74, 6) is -0.249. The Balaban J connectivity index is 2.48. The van der Waals surface area contributed by atoms with Crippen molar-refractivity contribution in [1.29, 1.82) is 0 Å². The number of rotatable bonds is 4. The number of hydrogen-bond donors (Lipinski definition) is 0. The minimum absolute atomic E-state index is 0.249. The number of likely N-dealkylation sites (N-methyl/N-ethyl adjacent to an activating group) is 1. The number of nitrogens with zero attached hydrogens (tertiary/aromatic N) is 1. The fourth-order valence-electron chi connectivity index (χ4n) is 1.08. The molecule has 1 unspecified atom stereocenters. The first-order valence-corrected chi connectivity index (χ1v) is 5.44. The molecule has 0 aliphatic heterocycles. The van der Waals surface area contributed by atoms with Crippen LogP contribution in [0.25, 0.3) is 0 Å². The van der Waals surface area contributed by atoms with E-state index < -0.39 is 0 Å². The van der Waals surface area contributed by atoms with Crippen molar-refractivity contribution in [3.63, 3.8) is 0 Å². The van der Waals surface area contributed by atoms with Gasteiger partial charge in [0.05, 0.1) is 26.7 Å². The maximum atomic E-state index is 11.6. The highest BCUT2D eigenvalue weighted by molar-refractivity contribution is 5.89. The Morgan fingerprint density at radius 1 is 1.25 bits per heavy atom. The number of quaternary nitrogens is 1. The quantitative estimate of drug-likeness (QED) is 0.575. The molecule has 0 aromatic heterocycles. The third kappa shape index (κ3) is 3.66. The second-order valence-electron chi connectivity index (χ2n) is 4.93. The van der Waals surface area contributed by atoms with E-state index >= 15 is 0 Å². The first-order valence-electron chi connectivity index (χ1n) is 5.44. The van der Waals surface area contributed by atoms with Crippen LogP contribution in [0.3, 0.4) is 0 Å². The van der Waals surface area contributed by atoms with Crippen molar-refractivity contribution in [2.75, 3.05) is 27.7 Å². The van der Waals surface area contributed by atoms with E-state index in [-0.39, 0.29) is 12.0 Å². The number of esters is 1. The zero-order valence-corrected chi connectivity index (χ0v) is 10.4. The van der Waals surface area contributed by atoms with Gasteiger partial charge in [-0.2, -0.15) is 0 Å². The van der Waals surface area contributed by atoms with Crippen molar-refractivity contribution in [3.8, 4) is 0 Å². The molecule has 3 heteroatoms. The van der Waals surface area contributed by atoms with Crippen molar-refractivity contribution < 1.29 is 14.0 Å². The van der Waals surface area contributed by atoms with Crippen molar-refractivity contribution >= 4 is 5.97 Å². The second kappa shape index (κ2) is 5.12. The van der Waals surface area contributed by atoms with E-state index in [4.69, 9.17) is 4.74 Å². The van der Waals surface area contributed by atoms with Gasteiger partial charge in [-0.1, -0.05) is 18.2 Å². The molecule has 88 valence electrons. The van der Waals surface area contributed by atoms with Crippen LogP contribution in [-0.2, 0) is 4.74 Å². The summed E-state index contributed by atoms with van der Waals surface area (Å²) in [4.78, 5) is 11.6. The topological polar surface area (TPSA) is 26.3 Å². The first-order chi connectivity index (χ1) is 7.41. The molecule has 0 spiro atoms. The molecule has 3 nitrogen and oxygen atoms in total. The first kappa shape index (κ1) is 12.7. The van der Waals surface area contributed by atoms with Crippen LogP contribution in [0.15, 0.2) is 30.3 Å². The van der Waals surface area contributed by atoms with E-state index in [2.05, 4.69) is 28.1 Å². The number of ether oxygens (including phenoxy) is 1. The lowest BCUT2D eigenvalue weighted by Gasteiger charge is -2.31. The van der Waals surface area contributed by atoms with Crippen LogP contribution in [0.2, 0.25) is 0 Å². The van der Waals surface area contributed by atoms with Gasteiger partial charge in [-0.15, -0.1) is 0 Å². The van der Waals surface area contributed by atoms with Crippen LogP contribution in [0.1, 0.15) is 17.3 Å². The lowest BCUT2D eigenvalue weighted by Crippen LogP contribution is -2.46. The molecular formula is C13H20NO2+. The van der Waals surface area contributed by atoms with Crippen molar-refractivity contribution in [3.05, 3.63) is 35.9 Å². The van der Waals surface area contributed by atoms with Gasteiger partial charge in [0, 0.05) is 0 Å². The Labute approximate surface area is 97.2 Å². The molecule has 0 N–H and O–H groups in total. The van der Waals surface area contributed by atoms with Gasteiger partial charge in [0.25, 0.3) is 0 Å². The molecule has 0 bridgehead atoms. The predicted octanol–water partition coefficient (Wildman–Crippen LogP) is 1.94. The molecule has 0 aliphatic carbocycles. The Morgan fingerprint density at radius 2 is 1.81 bits per heavy atom. The summed E-state index contributed by atoms with van der Waals surface area (Å²) in [5.41, 5.74) is 0.608. The smallest absolute Gasteiger partial charge is 0.338 e. The summed E-state index contributed by atoms with van der Waals surface area (Å²) >= 11 is 0. The molecule has 1 aromatic rings. The molecular weight excluding hydrogens is 202 g/mol. The monoisotopic (exact) mass is 222 g/mol. The fourth-order valence-corrected chi connectivity index (χ4v) is 1.08. The zero-order valence-electron chi connectivity index (χ0n) is 10.4. The van der Waals surface area contributed by atoms with Crippen LogP contribution in [-0.4, -0.2) is 44.2 Å². The normalized spacial score (nSPS) is 13.2. The van der Waals surface area contributed by atoms with Crippen LogP contribution in [0.4, 0.5) is 0 Å². The van der Waals surface area contributed by atoms with Gasteiger partial charge in [0.1, 0.15) is 12.6 Å². The lowest BCUT2D eigenvalue weighted by molar-refractivity contribution is -0.894. The molecule has 1 atom stereocenters. The van der Waals surface area contributed by atoms with Crippen LogP contribution >= 0.6 is 0 Å². The molecule has 0 heterocycles. The van der Waals surface area contributed by atoms with E-state index in [1.54, 1.807) is 12.1 Å². The SMILES string of the molecule is CC(COC(=O)c1ccccc1)[N+](C)(C)C.